The molecule has 1 aromatic heterocycles. The molecule has 2 amide bonds. The predicted octanol–water partition coefficient (Wildman–Crippen LogP) is 0.831. The van der Waals surface area contributed by atoms with E-state index in [1.807, 2.05) is 0 Å². The zero-order chi connectivity index (χ0) is 23.3. The Morgan fingerprint density at radius 2 is 2.00 bits per heavy atom. The van der Waals surface area contributed by atoms with Gasteiger partial charge in [0.2, 0.25) is 15.9 Å². The van der Waals surface area contributed by atoms with E-state index in [1.165, 1.54) is 42.3 Å². The number of nitrogens with two attached hydrogens (primary N) is 1. The first-order chi connectivity index (χ1) is 15.2. The molecule has 10 nitrogen and oxygen atoms in total. The summed E-state index contributed by atoms with van der Waals surface area (Å²) in [7, 11) is -2.68. The zero-order valence-corrected chi connectivity index (χ0v) is 18.1. The normalized spacial score (nSPS) is 17.2. The average Bonchev–Trinajstić information content (AvgIpc) is 2.78. The van der Waals surface area contributed by atoms with E-state index in [9.17, 15) is 22.4 Å². The number of sulfonamides is 1. The van der Waals surface area contributed by atoms with Crippen LogP contribution in [0.2, 0.25) is 0 Å². The number of methoxy groups -OCH3 is 1. The molecular weight excluding hydrogens is 443 g/mol. The van der Waals surface area contributed by atoms with E-state index in [0.29, 0.717) is 11.3 Å². The summed E-state index contributed by atoms with van der Waals surface area (Å²) >= 11 is 0. The summed E-state index contributed by atoms with van der Waals surface area (Å²) in [6.07, 6.45) is 0.449. The molecule has 0 radical (unpaired) electrons. The Morgan fingerprint density at radius 1 is 1.22 bits per heavy atom. The topological polar surface area (TPSA) is 132 Å². The Kier molecular flexibility index (Phi) is 7.38. The second kappa shape index (κ2) is 10.0. The van der Waals surface area contributed by atoms with Crippen LogP contribution >= 0.6 is 0 Å². The van der Waals surface area contributed by atoms with Crippen molar-refractivity contribution < 1.29 is 31.9 Å². The molecule has 1 fully saturated rings. The van der Waals surface area contributed by atoms with Gasteiger partial charge in [-0.05, 0) is 24.3 Å². The van der Waals surface area contributed by atoms with Crippen molar-refractivity contribution in [2.45, 2.75) is 10.9 Å². The second-order valence-corrected chi connectivity index (χ2v) is 8.87. The van der Waals surface area contributed by atoms with Gasteiger partial charge in [0.05, 0.1) is 12.3 Å². The molecule has 0 bridgehead atoms. The molecule has 32 heavy (non-hydrogen) atoms. The minimum absolute atomic E-state index is 0.0175. The Labute approximate surface area is 184 Å². The number of piperazine rings is 1. The van der Waals surface area contributed by atoms with E-state index in [-0.39, 0.29) is 37.7 Å². The molecule has 1 aliphatic heterocycles. The molecule has 1 atom stereocenters. The maximum Gasteiger partial charge on any atom is 0.409 e. The molecule has 0 spiro atoms. The van der Waals surface area contributed by atoms with E-state index in [0.717, 1.165) is 10.5 Å². The molecule has 3 rings (SSSR count). The molecule has 2 N–H and O–H groups in total. The third-order valence-electron chi connectivity index (χ3n) is 4.89. The van der Waals surface area contributed by atoms with Crippen LogP contribution in [0.5, 0.6) is 0 Å². The van der Waals surface area contributed by atoms with Crippen LogP contribution < -0.4 is 5.73 Å². The Morgan fingerprint density at radius 3 is 2.62 bits per heavy atom. The van der Waals surface area contributed by atoms with Crippen molar-refractivity contribution in [2.75, 3.05) is 40.0 Å². The maximum absolute atomic E-state index is 13.4. The molecule has 1 aromatic carbocycles. The van der Waals surface area contributed by atoms with Gasteiger partial charge in [0.25, 0.3) is 0 Å². The monoisotopic (exact) mass is 466 g/mol. The van der Waals surface area contributed by atoms with Crippen LogP contribution in [0.25, 0.3) is 11.3 Å². The fourth-order valence-corrected chi connectivity index (χ4v) is 4.77. The number of pyridine rings is 1. The zero-order valence-electron chi connectivity index (χ0n) is 17.3. The maximum atomic E-state index is 13.4. The van der Waals surface area contributed by atoms with Crippen LogP contribution in [0.1, 0.15) is 0 Å². The van der Waals surface area contributed by atoms with E-state index in [1.54, 1.807) is 6.07 Å². The first kappa shape index (κ1) is 23.6. The third kappa shape index (κ3) is 5.21. The van der Waals surface area contributed by atoms with Crippen molar-refractivity contribution in [3.8, 4) is 11.3 Å². The molecule has 172 valence electrons. The third-order valence-corrected chi connectivity index (χ3v) is 6.79. The number of benzene rings is 1. The van der Waals surface area contributed by atoms with Gasteiger partial charge in [-0.3, -0.25) is 9.78 Å². The number of hydrogen-bond acceptors (Lipinski definition) is 7. The summed E-state index contributed by atoms with van der Waals surface area (Å²) in [5, 5.41) is 0. The minimum Gasteiger partial charge on any atom is -0.447 e. The lowest BCUT2D eigenvalue weighted by Crippen LogP contribution is -2.60. The Hall–Kier alpha value is -3.09. The van der Waals surface area contributed by atoms with Gasteiger partial charge in [-0.1, -0.05) is 12.1 Å². The number of ether oxygens (including phenoxy) is 2. The molecule has 0 unspecified atom stereocenters. The van der Waals surface area contributed by atoms with E-state index < -0.39 is 33.9 Å². The van der Waals surface area contributed by atoms with Gasteiger partial charge in [0.1, 0.15) is 23.4 Å². The fourth-order valence-electron chi connectivity index (χ4n) is 3.24. The van der Waals surface area contributed by atoms with Crippen molar-refractivity contribution in [3.63, 3.8) is 0 Å². The smallest absolute Gasteiger partial charge is 0.409 e. The van der Waals surface area contributed by atoms with Crippen molar-refractivity contribution in [1.82, 2.24) is 14.2 Å². The fraction of sp³-hybridized carbons (Fsp3) is 0.350. The van der Waals surface area contributed by atoms with Gasteiger partial charge in [0.15, 0.2) is 0 Å². The summed E-state index contributed by atoms with van der Waals surface area (Å²) in [5.74, 6) is -1.34. The Bertz CT molecular complexity index is 1080. The lowest BCUT2D eigenvalue weighted by atomic mass is 10.1. The number of primary amides is 1. The largest absolute Gasteiger partial charge is 0.447 e. The average molecular weight is 466 g/mol. The molecular formula is C20H23FN4O6S. The first-order valence-electron chi connectivity index (χ1n) is 9.68. The highest BCUT2D eigenvalue weighted by Gasteiger charge is 2.41. The number of amides is 2. The van der Waals surface area contributed by atoms with Crippen molar-refractivity contribution in [3.05, 3.63) is 48.4 Å². The van der Waals surface area contributed by atoms with Gasteiger partial charge in [0, 0.05) is 38.5 Å². The van der Waals surface area contributed by atoms with Crippen molar-refractivity contribution >= 4 is 22.0 Å². The second-order valence-electron chi connectivity index (χ2n) is 6.98. The van der Waals surface area contributed by atoms with Gasteiger partial charge in [-0.2, -0.15) is 4.31 Å². The number of hydrogen-bond donors (Lipinski definition) is 1. The number of rotatable bonds is 7. The summed E-state index contributed by atoms with van der Waals surface area (Å²) in [6, 6.07) is 7.24. The summed E-state index contributed by atoms with van der Waals surface area (Å²) in [4.78, 5) is 29.4. The SMILES string of the molecule is COCCOC(=O)N1CCN(S(=O)(=O)c2ccc(-c3cccc(F)c3)nc2)[C@@H](C(N)=O)C1. The summed E-state index contributed by atoms with van der Waals surface area (Å²) < 4.78 is 50.5. The minimum atomic E-state index is -4.14. The number of carbonyl (C=O) groups excluding carboxylic acids is 2. The number of nitrogens with zero attached hydrogens (tertiary/aromatic N) is 3. The van der Waals surface area contributed by atoms with Crippen molar-refractivity contribution in [2.24, 2.45) is 5.73 Å². The van der Waals surface area contributed by atoms with E-state index in [4.69, 9.17) is 15.2 Å². The highest BCUT2D eigenvalue weighted by Crippen LogP contribution is 2.24. The van der Waals surface area contributed by atoms with Gasteiger partial charge in [-0.25, -0.2) is 17.6 Å². The van der Waals surface area contributed by atoms with Gasteiger partial charge >= 0.3 is 6.09 Å². The van der Waals surface area contributed by atoms with Gasteiger partial charge in [-0.15, -0.1) is 0 Å². The number of carbonyl (C=O) groups is 2. The van der Waals surface area contributed by atoms with E-state index >= 15 is 0 Å². The lowest BCUT2D eigenvalue weighted by molar-refractivity contribution is -0.123. The van der Waals surface area contributed by atoms with Crippen LogP contribution in [-0.2, 0) is 24.3 Å². The summed E-state index contributed by atoms with van der Waals surface area (Å²) in [6.45, 7) is -0.143. The molecule has 0 saturated carbocycles. The number of halogens is 1. The first-order valence-corrected chi connectivity index (χ1v) is 11.1. The molecule has 2 heterocycles. The highest BCUT2D eigenvalue weighted by molar-refractivity contribution is 7.89. The molecule has 2 aromatic rings. The van der Waals surface area contributed by atoms with Crippen LogP contribution in [0.3, 0.4) is 0 Å². The predicted molar refractivity (Wildman–Crippen MR) is 111 cm³/mol. The lowest BCUT2D eigenvalue weighted by Gasteiger charge is -2.38. The standard InChI is InChI=1S/C20H23FN4O6S/c1-30-9-10-31-20(27)24-7-8-25(18(13-24)19(22)26)32(28,29)16-5-6-17(23-12-16)14-3-2-4-15(21)11-14/h2-6,11-12,18H,7-10,13H2,1H3,(H2,22,26)/t18-/m1/s1. The molecule has 12 heteroatoms. The Balaban J connectivity index is 1.78. The molecule has 1 saturated heterocycles. The highest BCUT2D eigenvalue weighted by atomic mass is 32.2. The summed E-state index contributed by atoms with van der Waals surface area (Å²) in [5.41, 5.74) is 6.31. The van der Waals surface area contributed by atoms with Crippen LogP contribution in [-0.4, -0.2) is 80.6 Å². The van der Waals surface area contributed by atoms with Crippen LogP contribution in [0.4, 0.5) is 9.18 Å². The van der Waals surface area contributed by atoms with Gasteiger partial charge < -0.3 is 20.1 Å². The van der Waals surface area contributed by atoms with Crippen LogP contribution in [0.15, 0.2) is 47.5 Å². The molecule has 1 aliphatic rings. The van der Waals surface area contributed by atoms with Crippen molar-refractivity contribution in [1.29, 1.82) is 0 Å². The quantitative estimate of drug-likeness (QED) is 0.598. The van der Waals surface area contributed by atoms with E-state index in [2.05, 4.69) is 4.98 Å². The molecule has 0 aliphatic carbocycles. The number of aromatic nitrogens is 1. The van der Waals surface area contributed by atoms with Crippen LogP contribution in [0, 0.1) is 5.82 Å².